The lowest BCUT2D eigenvalue weighted by atomic mass is 10.2. The molecule has 1 aromatic rings. The molecular formula is C7H5ClF. The Labute approximate surface area is 58.3 Å². The molecule has 0 unspecified atom stereocenters. The van der Waals surface area contributed by atoms with Gasteiger partial charge in [0, 0.05) is 6.07 Å². The van der Waals surface area contributed by atoms with E-state index in [1.54, 1.807) is 6.92 Å². The first-order valence-corrected chi connectivity index (χ1v) is 2.91. The summed E-state index contributed by atoms with van der Waals surface area (Å²) in [5.74, 6) is -0.279. The molecule has 0 aliphatic carbocycles. The lowest BCUT2D eigenvalue weighted by molar-refractivity contribution is 0.618. The zero-order chi connectivity index (χ0) is 6.85. The first-order chi connectivity index (χ1) is 4.20. The molecule has 1 radical (unpaired) electrons. The van der Waals surface area contributed by atoms with Crippen molar-refractivity contribution in [2.75, 3.05) is 0 Å². The smallest absolute Gasteiger partial charge is 0.127 e. The molecule has 0 fully saturated rings. The normalized spacial score (nSPS) is 9.67. The zero-order valence-corrected chi connectivity index (χ0v) is 5.67. The Morgan fingerprint density at radius 3 is 2.78 bits per heavy atom. The highest BCUT2D eigenvalue weighted by atomic mass is 35.5. The van der Waals surface area contributed by atoms with Crippen molar-refractivity contribution < 1.29 is 4.39 Å². The molecule has 0 bridgehead atoms. The monoisotopic (exact) mass is 143 g/mol. The third kappa shape index (κ3) is 1.42. The summed E-state index contributed by atoms with van der Waals surface area (Å²) >= 11 is 5.42. The predicted molar refractivity (Wildman–Crippen MR) is 35.0 cm³/mol. The van der Waals surface area contributed by atoms with Gasteiger partial charge in [-0.1, -0.05) is 11.6 Å². The number of benzene rings is 1. The maximum atomic E-state index is 12.5. The molecule has 0 N–H and O–H groups in total. The van der Waals surface area contributed by atoms with Crippen LogP contribution in [0.2, 0.25) is 5.02 Å². The molecule has 1 rings (SSSR count). The molecule has 0 nitrogen and oxygen atoms in total. The van der Waals surface area contributed by atoms with Crippen LogP contribution in [0, 0.1) is 18.8 Å². The molecule has 0 amide bonds. The first-order valence-electron chi connectivity index (χ1n) is 2.53. The molecule has 0 spiro atoms. The van der Waals surface area contributed by atoms with E-state index in [4.69, 9.17) is 11.6 Å². The van der Waals surface area contributed by atoms with E-state index < -0.39 is 0 Å². The molecule has 0 aromatic heterocycles. The van der Waals surface area contributed by atoms with Gasteiger partial charge < -0.3 is 0 Å². The van der Waals surface area contributed by atoms with Crippen molar-refractivity contribution in [1.29, 1.82) is 0 Å². The minimum absolute atomic E-state index is 0.279. The average molecular weight is 144 g/mol. The van der Waals surface area contributed by atoms with E-state index in [9.17, 15) is 4.39 Å². The highest BCUT2D eigenvalue weighted by molar-refractivity contribution is 6.30. The highest BCUT2D eigenvalue weighted by Gasteiger charge is 1.95. The van der Waals surface area contributed by atoms with Gasteiger partial charge in [-0.2, -0.15) is 0 Å². The Hall–Kier alpha value is -0.560. The summed E-state index contributed by atoms with van der Waals surface area (Å²) in [5, 5.41) is 0.318. The topological polar surface area (TPSA) is 0 Å². The number of aryl methyl sites for hydroxylation is 1. The molecule has 0 heterocycles. The van der Waals surface area contributed by atoms with E-state index in [0.29, 0.717) is 10.6 Å². The second kappa shape index (κ2) is 2.36. The molecule has 47 valence electrons. The number of halogens is 2. The molecular weight excluding hydrogens is 139 g/mol. The van der Waals surface area contributed by atoms with Crippen LogP contribution in [0.3, 0.4) is 0 Å². The molecule has 0 aliphatic rings. The summed E-state index contributed by atoms with van der Waals surface area (Å²) < 4.78 is 12.5. The van der Waals surface area contributed by atoms with E-state index in [1.807, 2.05) is 0 Å². The van der Waals surface area contributed by atoms with E-state index in [1.165, 1.54) is 12.1 Å². The average Bonchev–Trinajstić information content (AvgIpc) is 1.80. The van der Waals surface area contributed by atoms with Crippen molar-refractivity contribution in [1.82, 2.24) is 0 Å². The van der Waals surface area contributed by atoms with Crippen LogP contribution in [0.4, 0.5) is 4.39 Å². The minimum Gasteiger partial charge on any atom is -0.207 e. The van der Waals surface area contributed by atoms with Crippen LogP contribution in [0.15, 0.2) is 12.1 Å². The van der Waals surface area contributed by atoms with E-state index >= 15 is 0 Å². The van der Waals surface area contributed by atoms with Gasteiger partial charge >= 0.3 is 0 Å². The van der Waals surface area contributed by atoms with Gasteiger partial charge in [0.05, 0.1) is 5.02 Å². The summed E-state index contributed by atoms with van der Waals surface area (Å²) in [6.07, 6.45) is 0. The molecule has 0 saturated carbocycles. The third-order valence-corrected chi connectivity index (χ3v) is 1.27. The van der Waals surface area contributed by atoms with Crippen molar-refractivity contribution in [3.8, 4) is 0 Å². The summed E-state index contributed by atoms with van der Waals surface area (Å²) in [6, 6.07) is 5.44. The molecule has 0 aliphatic heterocycles. The van der Waals surface area contributed by atoms with E-state index in [0.717, 1.165) is 0 Å². The lowest BCUT2D eigenvalue weighted by Gasteiger charge is -1.92. The van der Waals surface area contributed by atoms with Crippen LogP contribution >= 0.6 is 11.6 Å². The third-order valence-electron chi connectivity index (χ3n) is 1.06. The van der Waals surface area contributed by atoms with Crippen molar-refractivity contribution in [2.45, 2.75) is 6.92 Å². The predicted octanol–water partition coefficient (Wildman–Crippen LogP) is 2.59. The Balaban J connectivity index is 3.17. The van der Waals surface area contributed by atoms with Crippen LogP contribution in [0.25, 0.3) is 0 Å². The molecule has 2 heteroatoms. The van der Waals surface area contributed by atoms with Crippen LogP contribution in [-0.4, -0.2) is 0 Å². The lowest BCUT2D eigenvalue weighted by Crippen LogP contribution is -1.79. The fourth-order valence-electron chi connectivity index (χ4n) is 0.513. The Morgan fingerprint density at radius 2 is 2.33 bits per heavy atom. The fourth-order valence-corrected chi connectivity index (χ4v) is 0.663. The van der Waals surface area contributed by atoms with Gasteiger partial charge in [0.15, 0.2) is 0 Å². The number of hydrogen-bond donors (Lipinski definition) is 0. The van der Waals surface area contributed by atoms with Gasteiger partial charge in [0.25, 0.3) is 0 Å². The minimum atomic E-state index is -0.279. The van der Waals surface area contributed by atoms with Crippen molar-refractivity contribution in [2.24, 2.45) is 0 Å². The van der Waals surface area contributed by atoms with Crippen molar-refractivity contribution in [3.05, 3.63) is 34.6 Å². The SMILES string of the molecule is Cc1c[c]c(Cl)cc1F. The highest BCUT2D eigenvalue weighted by Crippen LogP contribution is 2.11. The van der Waals surface area contributed by atoms with Gasteiger partial charge in [0.2, 0.25) is 0 Å². The summed E-state index contributed by atoms with van der Waals surface area (Å²) in [7, 11) is 0. The summed E-state index contributed by atoms with van der Waals surface area (Å²) in [5.41, 5.74) is 0.569. The fraction of sp³-hybridized carbons (Fsp3) is 0.143. The maximum Gasteiger partial charge on any atom is 0.127 e. The van der Waals surface area contributed by atoms with Gasteiger partial charge in [-0.3, -0.25) is 0 Å². The molecule has 0 saturated heterocycles. The van der Waals surface area contributed by atoms with Gasteiger partial charge in [0.1, 0.15) is 5.82 Å². The van der Waals surface area contributed by atoms with E-state index in [-0.39, 0.29) is 5.82 Å². The summed E-state index contributed by atoms with van der Waals surface area (Å²) in [4.78, 5) is 0. The van der Waals surface area contributed by atoms with Crippen LogP contribution in [0.1, 0.15) is 5.56 Å². The Morgan fingerprint density at radius 1 is 1.67 bits per heavy atom. The molecule has 0 atom stereocenters. The Kier molecular flexibility index (Phi) is 1.72. The number of hydrogen-bond acceptors (Lipinski definition) is 0. The second-order valence-corrected chi connectivity index (χ2v) is 2.22. The van der Waals surface area contributed by atoms with Gasteiger partial charge in [-0.15, -0.1) is 0 Å². The molecule has 9 heavy (non-hydrogen) atoms. The largest absolute Gasteiger partial charge is 0.207 e. The maximum absolute atomic E-state index is 12.5. The first kappa shape index (κ1) is 6.56. The van der Waals surface area contributed by atoms with Gasteiger partial charge in [-0.25, -0.2) is 4.39 Å². The second-order valence-electron chi connectivity index (χ2n) is 1.81. The van der Waals surface area contributed by atoms with Crippen molar-refractivity contribution in [3.63, 3.8) is 0 Å². The zero-order valence-electron chi connectivity index (χ0n) is 4.91. The number of rotatable bonds is 0. The summed E-state index contributed by atoms with van der Waals surface area (Å²) in [6.45, 7) is 1.67. The van der Waals surface area contributed by atoms with Crippen molar-refractivity contribution >= 4 is 11.6 Å². The van der Waals surface area contributed by atoms with Gasteiger partial charge in [-0.05, 0) is 24.6 Å². The molecule has 1 aromatic carbocycles. The van der Waals surface area contributed by atoms with Crippen LogP contribution in [-0.2, 0) is 0 Å². The van der Waals surface area contributed by atoms with Crippen LogP contribution < -0.4 is 0 Å². The van der Waals surface area contributed by atoms with Crippen LogP contribution in [0.5, 0.6) is 0 Å². The Bertz CT molecular complexity index is 220. The standard InChI is InChI=1S/C7H5ClF/c1-5-2-3-6(8)4-7(5)9/h2,4H,1H3. The quantitative estimate of drug-likeness (QED) is 0.524. The van der Waals surface area contributed by atoms with E-state index in [2.05, 4.69) is 6.07 Å².